The predicted octanol–water partition coefficient (Wildman–Crippen LogP) is 3.91. The van der Waals surface area contributed by atoms with Crippen molar-refractivity contribution in [2.75, 3.05) is 39.2 Å². The monoisotopic (exact) mass is 523 g/mol. The highest BCUT2D eigenvalue weighted by Crippen LogP contribution is 2.33. The van der Waals surface area contributed by atoms with Crippen molar-refractivity contribution in [3.8, 4) is 0 Å². The summed E-state index contributed by atoms with van der Waals surface area (Å²) >= 11 is 0. The Morgan fingerprint density at radius 3 is 2.63 bits per heavy atom. The van der Waals surface area contributed by atoms with Crippen molar-refractivity contribution >= 4 is 35.8 Å². The van der Waals surface area contributed by atoms with E-state index in [1.165, 1.54) is 11.1 Å². The molecule has 2 unspecified atom stereocenters. The van der Waals surface area contributed by atoms with Gasteiger partial charge in [-0.15, -0.1) is 24.0 Å². The van der Waals surface area contributed by atoms with Crippen LogP contribution in [0.1, 0.15) is 35.8 Å². The molecule has 1 fully saturated rings. The van der Waals surface area contributed by atoms with E-state index < -0.39 is 0 Å². The van der Waals surface area contributed by atoms with E-state index >= 15 is 0 Å². The summed E-state index contributed by atoms with van der Waals surface area (Å²) in [6.45, 7) is 4.40. The first-order valence-corrected chi connectivity index (χ1v) is 10.3. The number of aromatic nitrogens is 1. The lowest BCUT2D eigenvalue weighted by Gasteiger charge is -2.32. The molecule has 0 aliphatic carbocycles. The highest BCUT2D eigenvalue weighted by molar-refractivity contribution is 14.0. The molecule has 0 amide bonds. The summed E-state index contributed by atoms with van der Waals surface area (Å²) in [4.78, 5) is 11.0. The maximum atomic E-state index is 6.13. The molecule has 1 saturated heterocycles. The van der Waals surface area contributed by atoms with Crippen molar-refractivity contribution in [2.24, 2.45) is 10.9 Å². The molecule has 3 rings (SSSR count). The van der Waals surface area contributed by atoms with Crippen molar-refractivity contribution in [1.82, 2.24) is 15.6 Å². The maximum absolute atomic E-state index is 6.13. The summed E-state index contributed by atoms with van der Waals surface area (Å²) in [7, 11) is 5.79. The molecule has 0 saturated carbocycles. The summed E-state index contributed by atoms with van der Waals surface area (Å²) in [6, 6.07) is 14.8. The number of hydrogen-bond donors (Lipinski definition) is 2. The Morgan fingerprint density at radius 2 is 1.93 bits per heavy atom. The fraction of sp³-hybridized carbons (Fsp3) is 0.478. The maximum Gasteiger partial charge on any atom is 0.191 e. The normalized spacial score (nSPS) is 19.0. The number of ether oxygens (including phenoxy) is 1. The summed E-state index contributed by atoms with van der Waals surface area (Å²) in [5.41, 5.74) is 3.52. The van der Waals surface area contributed by atoms with Gasteiger partial charge in [-0.05, 0) is 37.5 Å². The van der Waals surface area contributed by atoms with E-state index in [9.17, 15) is 0 Å². The number of guanidine groups is 1. The van der Waals surface area contributed by atoms with Crippen LogP contribution in [-0.2, 0) is 11.3 Å². The molecule has 164 valence electrons. The number of nitrogens with zero attached hydrogens (tertiary/aromatic N) is 3. The largest absolute Gasteiger partial charge is 0.373 e. The number of hydrogen-bond acceptors (Lipinski definition) is 4. The third kappa shape index (κ3) is 6.84. The number of anilines is 1. The first-order chi connectivity index (χ1) is 14.1. The molecule has 0 spiro atoms. The zero-order valence-electron chi connectivity index (χ0n) is 18.4. The lowest BCUT2D eigenvalue weighted by molar-refractivity contribution is -0.0265. The van der Waals surface area contributed by atoms with Crippen LogP contribution in [0.3, 0.4) is 0 Å². The molecule has 1 aliphatic heterocycles. The third-order valence-electron chi connectivity index (χ3n) is 5.29. The van der Waals surface area contributed by atoms with Gasteiger partial charge >= 0.3 is 0 Å². The SMILES string of the molecule is CN=C(NCc1cccc(N(C)C)n1)NCC1CCCOC1c1ccc(C)cc1.I. The Balaban J connectivity index is 0.00000320. The van der Waals surface area contributed by atoms with Crippen LogP contribution in [-0.4, -0.2) is 45.2 Å². The van der Waals surface area contributed by atoms with Gasteiger partial charge in [0, 0.05) is 40.2 Å². The molecular weight excluding hydrogens is 489 g/mol. The summed E-state index contributed by atoms with van der Waals surface area (Å²) in [6.07, 6.45) is 2.38. The van der Waals surface area contributed by atoms with E-state index in [4.69, 9.17) is 4.74 Å². The van der Waals surface area contributed by atoms with Crippen molar-refractivity contribution < 1.29 is 4.74 Å². The van der Waals surface area contributed by atoms with Crippen LogP contribution in [0.4, 0.5) is 5.82 Å². The number of aliphatic imine (C=N–C) groups is 1. The van der Waals surface area contributed by atoms with Crippen LogP contribution in [0.2, 0.25) is 0 Å². The van der Waals surface area contributed by atoms with Gasteiger partial charge in [0.05, 0.1) is 18.3 Å². The van der Waals surface area contributed by atoms with Gasteiger partial charge < -0.3 is 20.3 Å². The number of benzene rings is 1. The van der Waals surface area contributed by atoms with E-state index in [-0.39, 0.29) is 30.1 Å². The molecule has 2 N–H and O–H groups in total. The van der Waals surface area contributed by atoms with E-state index in [2.05, 4.69) is 51.8 Å². The minimum Gasteiger partial charge on any atom is -0.373 e. The van der Waals surface area contributed by atoms with Crippen molar-refractivity contribution in [3.63, 3.8) is 0 Å². The van der Waals surface area contributed by atoms with E-state index in [1.54, 1.807) is 7.05 Å². The van der Waals surface area contributed by atoms with Crippen molar-refractivity contribution in [2.45, 2.75) is 32.4 Å². The van der Waals surface area contributed by atoms with E-state index in [1.807, 2.05) is 37.2 Å². The second-order valence-corrected chi connectivity index (χ2v) is 7.79. The number of aryl methyl sites for hydroxylation is 1. The van der Waals surface area contributed by atoms with Gasteiger partial charge in [0.2, 0.25) is 0 Å². The van der Waals surface area contributed by atoms with E-state index in [0.29, 0.717) is 12.5 Å². The van der Waals surface area contributed by atoms with Gasteiger partial charge in [-0.1, -0.05) is 35.9 Å². The average Bonchev–Trinajstić information content (AvgIpc) is 2.75. The molecule has 2 heterocycles. The molecule has 1 aromatic heterocycles. The number of nitrogens with one attached hydrogen (secondary N) is 2. The zero-order chi connectivity index (χ0) is 20.6. The fourth-order valence-electron chi connectivity index (χ4n) is 3.61. The highest BCUT2D eigenvalue weighted by atomic mass is 127. The van der Waals surface area contributed by atoms with Crippen LogP contribution >= 0.6 is 24.0 Å². The Kier molecular flexibility index (Phi) is 9.84. The lowest BCUT2D eigenvalue weighted by atomic mass is 9.89. The average molecular weight is 523 g/mol. The minimum atomic E-state index is 0. The second-order valence-electron chi connectivity index (χ2n) is 7.79. The topological polar surface area (TPSA) is 61.8 Å². The van der Waals surface area contributed by atoms with Crippen LogP contribution in [0.25, 0.3) is 0 Å². The molecule has 7 heteroatoms. The third-order valence-corrected chi connectivity index (χ3v) is 5.29. The first-order valence-electron chi connectivity index (χ1n) is 10.3. The Morgan fingerprint density at radius 1 is 1.17 bits per heavy atom. The molecule has 6 nitrogen and oxygen atoms in total. The van der Waals surface area contributed by atoms with Crippen molar-refractivity contribution in [1.29, 1.82) is 0 Å². The summed E-state index contributed by atoms with van der Waals surface area (Å²) < 4.78 is 6.13. The number of rotatable bonds is 6. The Labute approximate surface area is 197 Å². The van der Waals surface area contributed by atoms with E-state index in [0.717, 1.165) is 43.5 Å². The van der Waals surface area contributed by atoms with Gasteiger partial charge in [-0.3, -0.25) is 4.99 Å². The molecule has 2 atom stereocenters. The molecule has 0 bridgehead atoms. The van der Waals surface area contributed by atoms with Gasteiger partial charge in [0.1, 0.15) is 5.82 Å². The summed E-state index contributed by atoms with van der Waals surface area (Å²) in [5, 5.41) is 6.85. The molecule has 30 heavy (non-hydrogen) atoms. The van der Waals surface area contributed by atoms with Gasteiger partial charge in [0.15, 0.2) is 5.96 Å². The van der Waals surface area contributed by atoms with Crippen LogP contribution in [0, 0.1) is 12.8 Å². The fourth-order valence-corrected chi connectivity index (χ4v) is 3.61. The van der Waals surface area contributed by atoms with Crippen molar-refractivity contribution in [3.05, 3.63) is 59.3 Å². The highest BCUT2D eigenvalue weighted by Gasteiger charge is 2.27. The minimum absolute atomic E-state index is 0. The lowest BCUT2D eigenvalue weighted by Crippen LogP contribution is -2.41. The second kappa shape index (κ2) is 12.1. The zero-order valence-corrected chi connectivity index (χ0v) is 20.7. The van der Waals surface area contributed by atoms with Gasteiger partial charge in [0.25, 0.3) is 0 Å². The predicted molar refractivity (Wildman–Crippen MR) is 135 cm³/mol. The summed E-state index contributed by atoms with van der Waals surface area (Å²) in [5.74, 6) is 2.16. The Hall–Kier alpha value is -1.87. The number of halogens is 1. The first kappa shape index (κ1) is 24.4. The molecular formula is C23H34IN5O. The Bertz CT molecular complexity index is 809. The standard InChI is InChI=1S/C23H33N5O.HI/c1-17-10-12-18(13-11-17)22-19(7-6-14-29-22)15-25-23(24-2)26-16-20-8-5-9-21(27-20)28(3)4;/h5,8-13,19,22H,6-7,14-16H2,1-4H3,(H2,24,25,26);1H. The van der Waals surface area contributed by atoms with Crippen LogP contribution in [0.15, 0.2) is 47.5 Å². The molecule has 0 radical (unpaired) electrons. The smallest absolute Gasteiger partial charge is 0.191 e. The molecule has 1 aliphatic rings. The van der Waals surface area contributed by atoms with Crippen LogP contribution in [0.5, 0.6) is 0 Å². The van der Waals surface area contributed by atoms with Gasteiger partial charge in [-0.2, -0.15) is 0 Å². The molecule has 2 aromatic rings. The van der Waals surface area contributed by atoms with Gasteiger partial charge in [-0.25, -0.2) is 4.98 Å². The number of pyridine rings is 1. The molecule has 1 aromatic carbocycles. The van der Waals surface area contributed by atoms with Crippen LogP contribution < -0.4 is 15.5 Å². The quantitative estimate of drug-likeness (QED) is 0.342.